The molecule has 0 spiro atoms. The largest absolute Gasteiger partial charge is 0.465 e. The molecular weight excluding hydrogens is 308 g/mol. The quantitative estimate of drug-likeness (QED) is 0.727. The molecule has 0 saturated heterocycles. The van der Waals surface area contributed by atoms with Crippen molar-refractivity contribution in [1.29, 1.82) is 0 Å². The van der Waals surface area contributed by atoms with E-state index in [0.29, 0.717) is 17.8 Å². The molecule has 0 bridgehead atoms. The fourth-order valence-electron chi connectivity index (χ4n) is 2.38. The number of para-hydroxylation sites is 2. The Balaban J connectivity index is 1.67. The number of carbonyl (C=O) groups excluding carboxylic acids is 2. The Morgan fingerprint density at radius 3 is 2.71 bits per heavy atom. The number of anilines is 1. The summed E-state index contributed by atoms with van der Waals surface area (Å²) in [6, 6.07) is 14.3. The fourth-order valence-corrected chi connectivity index (χ4v) is 2.38. The van der Waals surface area contributed by atoms with Gasteiger partial charge in [0.2, 0.25) is 5.91 Å². The highest BCUT2D eigenvalue weighted by atomic mass is 16.5. The lowest BCUT2D eigenvalue weighted by Crippen LogP contribution is -2.17. The van der Waals surface area contributed by atoms with Crippen LogP contribution in [0.25, 0.3) is 11.0 Å². The third kappa shape index (κ3) is 3.24. The maximum atomic E-state index is 12.2. The molecule has 1 heterocycles. The number of methoxy groups -OCH3 is 1. The number of amides is 1. The van der Waals surface area contributed by atoms with Crippen LogP contribution in [0, 0.1) is 0 Å². The van der Waals surface area contributed by atoms with Crippen LogP contribution in [-0.4, -0.2) is 34.0 Å². The number of benzene rings is 2. The molecule has 2 aromatic carbocycles. The number of fused-ring (bicyclic) bond motifs is 1. The molecule has 7 nitrogen and oxygen atoms in total. The normalized spacial score (nSPS) is 10.5. The minimum atomic E-state index is -0.492. The summed E-state index contributed by atoms with van der Waals surface area (Å²) in [5, 5.41) is 10.8. The Labute approximate surface area is 138 Å². The van der Waals surface area contributed by atoms with Crippen LogP contribution in [0.1, 0.15) is 16.8 Å². The van der Waals surface area contributed by atoms with Crippen molar-refractivity contribution in [2.24, 2.45) is 0 Å². The van der Waals surface area contributed by atoms with E-state index in [0.717, 1.165) is 11.0 Å². The van der Waals surface area contributed by atoms with Crippen LogP contribution in [0.4, 0.5) is 5.69 Å². The molecule has 1 amide bonds. The average Bonchev–Trinajstić information content (AvgIpc) is 3.03. The van der Waals surface area contributed by atoms with Crippen LogP contribution in [-0.2, 0) is 16.1 Å². The molecule has 122 valence electrons. The first-order chi connectivity index (χ1) is 11.7. The van der Waals surface area contributed by atoms with Gasteiger partial charge in [0.15, 0.2) is 0 Å². The first kappa shape index (κ1) is 15.7. The number of hydrogen-bond acceptors (Lipinski definition) is 5. The molecule has 0 radical (unpaired) electrons. The van der Waals surface area contributed by atoms with Crippen molar-refractivity contribution in [3.05, 3.63) is 54.1 Å². The average molecular weight is 324 g/mol. The van der Waals surface area contributed by atoms with Crippen molar-refractivity contribution in [1.82, 2.24) is 15.0 Å². The predicted molar refractivity (Wildman–Crippen MR) is 88.6 cm³/mol. The van der Waals surface area contributed by atoms with Gasteiger partial charge in [-0.3, -0.25) is 4.79 Å². The molecule has 7 heteroatoms. The van der Waals surface area contributed by atoms with Gasteiger partial charge in [0, 0.05) is 6.42 Å². The molecular formula is C17H16N4O3. The minimum Gasteiger partial charge on any atom is -0.465 e. The molecule has 0 aliphatic heterocycles. The minimum absolute atomic E-state index is 0.211. The Morgan fingerprint density at radius 1 is 1.12 bits per heavy atom. The van der Waals surface area contributed by atoms with Crippen LogP contribution in [0.5, 0.6) is 0 Å². The van der Waals surface area contributed by atoms with E-state index in [1.54, 1.807) is 28.9 Å². The predicted octanol–water partition coefficient (Wildman–Crippen LogP) is 2.25. The van der Waals surface area contributed by atoms with Gasteiger partial charge in [-0.2, -0.15) is 0 Å². The van der Waals surface area contributed by atoms with Gasteiger partial charge < -0.3 is 10.1 Å². The summed E-state index contributed by atoms with van der Waals surface area (Å²) in [5.41, 5.74) is 2.41. The third-order valence-electron chi connectivity index (χ3n) is 3.58. The van der Waals surface area contributed by atoms with Gasteiger partial charge >= 0.3 is 5.97 Å². The molecule has 0 fully saturated rings. The lowest BCUT2D eigenvalue weighted by Gasteiger charge is -2.09. The third-order valence-corrected chi connectivity index (χ3v) is 3.58. The zero-order valence-corrected chi connectivity index (χ0v) is 13.1. The van der Waals surface area contributed by atoms with Crippen molar-refractivity contribution >= 4 is 28.6 Å². The van der Waals surface area contributed by atoms with E-state index in [1.807, 2.05) is 24.3 Å². The number of nitrogens with zero attached hydrogens (tertiary/aromatic N) is 3. The molecule has 0 saturated carbocycles. The Bertz CT molecular complexity index is 888. The number of carbonyl (C=O) groups is 2. The Kier molecular flexibility index (Phi) is 4.51. The molecule has 24 heavy (non-hydrogen) atoms. The second-order valence-corrected chi connectivity index (χ2v) is 5.14. The molecule has 0 aliphatic rings. The highest BCUT2D eigenvalue weighted by Crippen LogP contribution is 2.16. The summed E-state index contributed by atoms with van der Waals surface area (Å²) >= 11 is 0. The van der Waals surface area contributed by atoms with Gasteiger partial charge in [-0.05, 0) is 24.3 Å². The molecule has 0 unspecified atom stereocenters. The molecule has 3 rings (SSSR count). The van der Waals surface area contributed by atoms with Gasteiger partial charge in [-0.25, -0.2) is 9.48 Å². The van der Waals surface area contributed by atoms with Crippen LogP contribution in [0.3, 0.4) is 0 Å². The van der Waals surface area contributed by atoms with E-state index in [-0.39, 0.29) is 12.3 Å². The fraction of sp³-hybridized carbons (Fsp3) is 0.176. The van der Waals surface area contributed by atoms with Gasteiger partial charge in [0.1, 0.15) is 5.52 Å². The van der Waals surface area contributed by atoms with Crippen molar-refractivity contribution in [2.45, 2.75) is 13.0 Å². The maximum Gasteiger partial charge on any atom is 0.339 e. The summed E-state index contributed by atoms with van der Waals surface area (Å²) in [6.07, 6.45) is 0.211. The van der Waals surface area contributed by atoms with Crippen LogP contribution in [0.2, 0.25) is 0 Å². The van der Waals surface area contributed by atoms with E-state index in [9.17, 15) is 9.59 Å². The van der Waals surface area contributed by atoms with E-state index in [2.05, 4.69) is 15.6 Å². The highest BCUT2D eigenvalue weighted by molar-refractivity contribution is 6.01. The van der Waals surface area contributed by atoms with Crippen molar-refractivity contribution in [3.8, 4) is 0 Å². The molecule has 0 aliphatic carbocycles. The van der Waals surface area contributed by atoms with Crippen molar-refractivity contribution < 1.29 is 14.3 Å². The SMILES string of the molecule is COC(=O)c1ccccc1NC(=O)CCn1nnc2ccccc21. The lowest BCUT2D eigenvalue weighted by molar-refractivity contribution is -0.116. The van der Waals surface area contributed by atoms with E-state index < -0.39 is 5.97 Å². The molecule has 1 aromatic heterocycles. The number of esters is 1. The van der Waals surface area contributed by atoms with Crippen LogP contribution >= 0.6 is 0 Å². The first-order valence-corrected chi connectivity index (χ1v) is 7.44. The summed E-state index contributed by atoms with van der Waals surface area (Å²) in [7, 11) is 1.30. The van der Waals surface area contributed by atoms with Crippen molar-refractivity contribution in [3.63, 3.8) is 0 Å². The molecule has 3 aromatic rings. The van der Waals surface area contributed by atoms with Gasteiger partial charge in [-0.15, -0.1) is 5.10 Å². The van der Waals surface area contributed by atoms with Gasteiger partial charge in [-0.1, -0.05) is 29.5 Å². The summed E-state index contributed by atoms with van der Waals surface area (Å²) in [4.78, 5) is 23.9. The Hall–Kier alpha value is -3.22. The summed E-state index contributed by atoms with van der Waals surface area (Å²) in [6.45, 7) is 0.396. The van der Waals surface area contributed by atoms with Gasteiger partial charge in [0.05, 0.1) is 30.4 Å². The van der Waals surface area contributed by atoms with Crippen LogP contribution in [0.15, 0.2) is 48.5 Å². The number of ether oxygens (including phenoxy) is 1. The van der Waals surface area contributed by atoms with Crippen LogP contribution < -0.4 is 5.32 Å². The summed E-state index contributed by atoms with van der Waals surface area (Å²) < 4.78 is 6.39. The highest BCUT2D eigenvalue weighted by Gasteiger charge is 2.13. The number of aromatic nitrogens is 3. The van der Waals surface area contributed by atoms with Crippen molar-refractivity contribution in [2.75, 3.05) is 12.4 Å². The number of rotatable bonds is 5. The standard InChI is InChI=1S/C17H16N4O3/c1-24-17(23)12-6-2-3-7-13(12)18-16(22)10-11-21-15-9-5-4-8-14(15)19-20-21/h2-9H,10-11H2,1H3,(H,18,22). The second-order valence-electron chi connectivity index (χ2n) is 5.14. The molecule has 0 atom stereocenters. The monoisotopic (exact) mass is 324 g/mol. The lowest BCUT2D eigenvalue weighted by atomic mass is 10.1. The topological polar surface area (TPSA) is 86.1 Å². The number of aryl methyl sites for hydroxylation is 1. The zero-order valence-electron chi connectivity index (χ0n) is 13.1. The summed E-state index contributed by atoms with van der Waals surface area (Å²) in [5.74, 6) is -0.709. The molecule has 1 N–H and O–H groups in total. The van der Waals surface area contributed by atoms with E-state index >= 15 is 0 Å². The smallest absolute Gasteiger partial charge is 0.339 e. The zero-order chi connectivity index (χ0) is 16.9. The second kappa shape index (κ2) is 6.91. The van der Waals surface area contributed by atoms with E-state index in [1.165, 1.54) is 7.11 Å². The Morgan fingerprint density at radius 2 is 1.88 bits per heavy atom. The maximum absolute atomic E-state index is 12.2. The number of hydrogen-bond donors (Lipinski definition) is 1. The van der Waals surface area contributed by atoms with E-state index in [4.69, 9.17) is 4.74 Å². The number of nitrogens with one attached hydrogen (secondary N) is 1. The van der Waals surface area contributed by atoms with Gasteiger partial charge in [0.25, 0.3) is 0 Å². The first-order valence-electron chi connectivity index (χ1n) is 7.44.